The maximum Gasteiger partial charge on any atom is 0.187 e. The van der Waals surface area contributed by atoms with Crippen LogP contribution < -0.4 is 0 Å². The van der Waals surface area contributed by atoms with Gasteiger partial charge in [-0.25, -0.2) is 0 Å². The van der Waals surface area contributed by atoms with Crippen molar-refractivity contribution in [3.63, 3.8) is 0 Å². The van der Waals surface area contributed by atoms with Crippen LogP contribution in [0.2, 0.25) is 0 Å². The van der Waals surface area contributed by atoms with Gasteiger partial charge in [0.15, 0.2) is 11.6 Å². The van der Waals surface area contributed by atoms with Gasteiger partial charge in [-0.1, -0.05) is 12.1 Å². The highest BCUT2D eigenvalue weighted by atomic mass is 16.1. The number of aromatic nitrogens is 2. The summed E-state index contributed by atoms with van der Waals surface area (Å²) in [6.07, 6.45) is 5.82. The van der Waals surface area contributed by atoms with E-state index in [-0.39, 0.29) is 11.6 Å². The van der Waals surface area contributed by atoms with E-state index in [1.165, 1.54) is 12.2 Å². The van der Waals surface area contributed by atoms with E-state index in [4.69, 9.17) is 0 Å². The topological polar surface area (TPSA) is 59.9 Å². The van der Waals surface area contributed by atoms with Gasteiger partial charge < -0.3 is 0 Å². The normalized spacial score (nSPS) is 14.7. The summed E-state index contributed by atoms with van der Waals surface area (Å²) in [5.41, 5.74) is 2.30. The molecule has 18 heavy (non-hydrogen) atoms. The van der Waals surface area contributed by atoms with Gasteiger partial charge in [-0.2, -0.15) is 0 Å². The Hall–Kier alpha value is -2.62. The Morgan fingerprint density at radius 2 is 1.17 bits per heavy atom. The Morgan fingerprint density at radius 1 is 0.722 bits per heavy atom. The number of allylic oxidation sites excluding steroid dienone is 2. The van der Waals surface area contributed by atoms with Crippen molar-refractivity contribution in [2.24, 2.45) is 0 Å². The van der Waals surface area contributed by atoms with E-state index in [9.17, 15) is 9.59 Å². The van der Waals surface area contributed by atoms with Gasteiger partial charge in [-0.3, -0.25) is 19.6 Å². The maximum atomic E-state index is 12.0. The molecule has 1 aliphatic carbocycles. The quantitative estimate of drug-likeness (QED) is 0.598. The molecular formula is C14H6N2O2. The maximum absolute atomic E-state index is 12.0. The smallest absolute Gasteiger partial charge is 0.187 e. The van der Waals surface area contributed by atoms with Crippen LogP contribution >= 0.6 is 0 Å². The third-order valence-corrected chi connectivity index (χ3v) is 3.29. The molecule has 0 N–H and O–H groups in total. The van der Waals surface area contributed by atoms with Crippen molar-refractivity contribution in [2.45, 2.75) is 0 Å². The van der Waals surface area contributed by atoms with E-state index < -0.39 is 0 Å². The summed E-state index contributed by atoms with van der Waals surface area (Å²) in [6, 6.07) is 3.66. The lowest BCUT2D eigenvalue weighted by Gasteiger charge is -2.16. The fourth-order valence-electron chi connectivity index (χ4n) is 2.56. The largest absolute Gasteiger partial charge is 0.289 e. The van der Waals surface area contributed by atoms with Crippen molar-refractivity contribution in [2.75, 3.05) is 0 Å². The van der Waals surface area contributed by atoms with Gasteiger partial charge >= 0.3 is 0 Å². The second kappa shape index (κ2) is 2.98. The van der Waals surface area contributed by atoms with E-state index in [1.807, 2.05) is 12.1 Å². The molecule has 1 aromatic heterocycles. The molecule has 0 fully saturated rings. The SMILES string of the molecule is O=C1C=CC(=O)c2c1c1ccc2c2nccnc12. The zero-order valence-corrected chi connectivity index (χ0v) is 9.18. The zero-order valence-electron chi connectivity index (χ0n) is 9.18. The average Bonchev–Trinajstić information content (AvgIpc) is 2.43. The molecule has 0 unspecified atom stereocenters. The van der Waals surface area contributed by atoms with Crippen LogP contribution in [0.4, 0.5) is 0 Å². The molecule has 4 heteroatoms. The van der Waals surface area contributed by atoms with Gasteiger partial charge in [-0.15, -0.1) is 0 Å². The molecule has 0 saturated carbocycles. The van der Waals surface area contributed by atoms with Gasteiger partial charge in [0, 0.05) is 34.3 Å². The molecule has 5 rings (SSSR count). The molecule has 0 atom stereocenters. The van der Waals surface area contributed by atoms with Crippen LogP contribution in [0.5, 0.6) is 0 Å². The number of nitrogens with zero attached hydrogens (tertiary/aromatic N) is 2. The number of hydrogen-bond acceptors (Lipinski definition) is 4. The Bertz CT molecular complexity index is 794. The minimum Gasteiger partial charge on any atom is -0.289 e. The lowest BCUT2D eigenvalue weighted by molar-refractivity contribution is 0.0996. The van der Waals surface area contributed by atoms with Crippen LogP contribution in [-0.4, -0.2) is 21.5 Å². The minimum absolute atomic E-state index is 0.141. The minimum atomic E-state index is -0.141. The molecule has 1 heterocycles. The number of carbonyl (C=O) groups is 2. The van der Waals surface area contributed by atoms with Gasteiger partial charge in [0.1, 0.15) is 0 Å². The second-order valence-corrected chi connectivity index (χ2v) is 4.23. The first-order chi connectivity index (χ1) is 8.77. The molecule has 1 aliphatic rings. The van der Waals surface area contributed by atoms with Crippen molar-refractivity contribution in [1.82, 2.24) is 9.97 Å². The Kier molecular flexibility index (Phi) is 1.56. The summed E-state index contributed by atoms with van der Waals surface area (Å²) in [7, 11) is 0. The van der Waals surface area contributed by atoms with Gasteiger partial charge in [0.25, 0.3) is 0 Å². The molecule has 0 spiro atoms. The Balaban J connectivity index is 2.34. The van der Waals surface area contributed by atoms with Crippen molar-refractivity contribution < 1.29 is 9.59 Å². The summed E-state index contributed by atoms with van der Waals surface area (Å²) in [5.74, 6) is -0.282. The first-order valence-corrected chi connectivity index (χ1v) is 5.53. The molecule has 84 valence electrons. The Labute approximate surface area is 101 Å². The third kappa shape index (κ3) is 0.953. The summed E-state index contributed by atoms with van der Waals surface area (Å²) in [6.45, 7) is 0. The second-order valence-electron chi connectivity index (χ2n) is 4.23. The monoisotopic (exact) mass is 234 g/mol. The van der Waals surface area contributed by atoms with Crippen molar-refractivity contribution in [3.8, 4) is 0 Å². The number of benzene rings is 3. The predicted octanol–water partition coefficient (Wildman–Crippen LogP) is 2.16. The van der Waals surface area contributed by atoms with Gasteiger partial charge in [-0.05, 0) is 12.2 Å². The standard InChI is InChI=1S/C14H6N2O2/c17-9-3-4-10(18)12-8-2-1-7(11(9)12)13-14(8)16-6-5-15-13/h1-6H. The molecule has 2 bridgehead atoms. The number of hydrogen-bond donors (Lipinski definition) is 0. The van der Waals surface area contributed by atoms with Crippen molar-refractivity contribution >= 4 is 33.4 Å². The summed E-state index contributed by atoms with van der Waals surface area (Å²) >= 11 is 0. The lowest BCUT2D eigenvalue weighted by atomic mass is 9.86. The highest BCUT2D eigenvalue weighted by molar-refractivity contribution is 6.33. The van der Waals surface area contributed by atoms with Gasteiger partial charge in [0.2, 0.25) is 0 Å². The van der Waals surface area contributed by atoms with Crippen LogP contribution in [0.3, 0.4) is 0 Å². The van der Waals surface area contributed by atoms with E-state index >= 15 is 0 Å². The summed E-state index contributed by atoms with van der Waals surface area (Å²) in [4.78, 5) is 32.4. The lowest BCUT2D eigenvalue weighted by Crippen LogP contribution is -2.14. The fourth-order valence-corrected chi connectivity index (χ4v) is 2.56. The van der Waals surface area contributed by atoms with Crippen LogP contribution in [0.1, 0.15) is 20.7 Å². The number of fused-ring (bicyclic) bond motifs is 1. The first kappa shape index (κ1) is 9.41. The summed E-state index contributed by atoms with van der Waals surface area (Å²) in [5, 5.41) is 1.40. The highest BCUT2D eigenvalue weighted by Gasteiger charge is 2.27. The third-order valence-electron chi connectivity index (χ3n) is 3.29. The fraction of sp³-hybridized carbons (Fsp3) is 0. The van der Waals surface area contributed by atoms with E-state index in [0.717, 1.165) is 0 Å². The van der Waals surface area contributed by atoms with Crippen LogP contribution in [-0.2, 0) is 0 Å². The molecular weight excluding hydrogens is 228 g/mol. The predicted molar refractivity (Wildman–Crippen MR) is 66.0 cm³/mol. The number of carbonyl (C=O) groups excluding carboxylic acids is 2. The van der Waals surface area contributed by atoms with E-state index in [0.29, 0.717) is 32.9 Å². The van der Waals surface area contributed by atoms with Crippen LogP contribution in [0.15, 0.2) is 36.7 Å². The van der Waals surface area contributed by atoms with Gasteiger partial charge in [0.05, 0.1) is 11.0 Å². The first-order valence-electron chi connectivity index (χ1n) is 5.53. The molecule has 0 amide bonds. The highest BCUT2D eigenvalue weighted by Crippen LogP contribution is 2.35. The molecule has 3 aromatic carbocycles. The molecule has 0 saturated heterocycles. The van der Waals surface area contributed by atoms with Crippen LogP contribution in [0, 0.1) is 0 Å². The number of ketones is 2. The average molecular weight is 234 g/mol. The van der Waals surface area contributed by atoms with Crippen molar-refractivity contribution in [3.05, 3.63) is 47.8 Å². The molecule has 0 radical (unpaired) electrons. The molecule has 4 aromatic rings. The van der Waals surface area contributed by atoms with Crippen molar-refractivity contribution in [1.29, 1.82) is 0 Å². The Morgan fingerprint density at radius 3 is 1.61 bits per heavy atom. The number of rotatable bonds is 0. The van der Waals surface area contributed by atoms with E-state index in [2.05, 4.69) is 9.97 Å². The molecule has 0 aliphatic heterocycles. The summed E-state index contributed by atoms with van der Waals surface area (Å²) < 4.78 is 0. The molecule has 4 nitrogen and oxygen atoms in total. The van der Waals surface area contributed by atoms with Crippen LogP contribution in [0.25, 0.3) is 21.8 Å². The van der Waals surface area contributed by atoms with E-state index in [1.54, 1.807) is 12.4 Å². The zero-order chi connectivity index (χ0) is 12.3.